The Morgan fingerprint density at radius 1 is 1.21 bits per heavy atom. The summed E-state index contributed by atoms with van der Waals surface area (Å²) in [7, 11) is 0. The molecule has 1 aliphatic carbocycles. The molecule has 2 aliphatic rings. The van der Waals surface area contributed by atoms with Gasteiger partial charge in [-0.3, -0.25) is 0 Å². The van der Waals surface area contributed by atoms with E-state index in [1.807, 2.05) is 0 Å². The number of hydrogen-bond donors (Lipinski definition) is 1. The number of nitrogens with one attached hydrogen (secondary N) is 1. The van der Waals surface area contributed by atoms with Crippen LogP contribution in [0.4, 0.5) is 0 Å². The average Bonchev–Trinajstić information content (AvgIpc) is 2.79. The lowest BCUT2D eigenvalue weighted by Crippen LogP contribution is -2.48. The van der Waals surface area contributed by atoms with Gasteiger partial charge in [-0.2, -0.15) is 0 Å². The minimum absolute atomic E-state index is 0.554. The summed E-state index contributed by atoms with van der Waals surface area (Å²) in [5.41, 5.74) is 0.554. The lowest BCUT2D eigenvalue weighted by atomic mass is 9.69. The fraction of sp³-hybridized carbons (Fsp3) is 1.00. The van der Waals surface area contributed by atoms with Crippen LogP contribution in [0.2, 0.25) is 0 Å². The Bertz CT molecular complexity index is 274. The first-order chi connectivity index (χ1) is 9.05. The maximum Gasteiger partial charge on any atom is 0.0108 e. The predicted molar refractivity (Wildman–Crippen MR) is 83.5 cm³/mol. The highest BCUT2D eigenvalue weighted by Gasteiger charge is 2.36. The summed E-state index contributed by atoms with van der Waals surface area (Å²) in [5, 5.41) is 3.75. The molecule has 0 aromatic carbocycles. The molecule has 1 heterocycles. The van der Waals surface area contributed by atoms with Crippen molar-refractivity contribution >= 4 is 0 Å². The summed E-state index contributed by atoms with van der Waals surface area (Å²) >= 11 is 0. The van der Waals surface area contributed by atoms with Crippen LogP contribution in [0.3, 0.4) is 0 Å². The van der Waals surface area contributed by atoms with Crippen LogP contribution in [-0.2, 0) is 0 Å². The van der Waals surface area contributed by atoms with Crippen LogP contribution in [-0.4, -0.2) is 36.6 Å². The van der Waals surface area contributed by atoms with E-state index in [0.717, 1.165) is 24.5 Å². The molecule has 1 aliphatic heterocycles. The van der Waals surface area contributed by atoms with Gasteiger partial charge in [0.2, 0.25) is 0 Å². The molecule has 19 heavy (non-hydrogen) atoms. The molecule has 112 valence electrons. The van der Waals surface area contributed by atoms with Gasteiger partial charge in [0.15, 0.2) is 0 Å². The molecular weight excluding hydrogens is 232 g/mol. The van der Waals surface area contributed by atoms with Gasteiger partial charge in [0.05, 0.1) is 0 Å². The molecule has 0 spiro atoms. The lowest BCUT2D eigenvalue weighted by Gasteiger charge is -2.43. The zero-order valence-corrected chi connectivity index (χ0v) is 13.5. The number of likely N-dealkylation sites (tertiary alicyclic amines) is 1. The highest BCUT2D eigenvalue weighted by Crippen LogP contribution is 2.39. The fourth-order valence-electron chi connectivity index (χ4n) is 4.36. The van der Waals surface area contributed by atoms with Crippen LogP contribution in [0, 0.1) is 11.3 Å². The quantitative estimate of drug-likeness (QED) is 0.817. The Kier molecular flexibility index (Phi) is 5.30. The molecule has 1 N–H and O–H groups in total. The molecule has 0 bridgehead atoms. The highest BCUT2D eigenvalue weighted by atomic mass is 15.2. The van der Waals surface area contributed by atoms with Gasteiger partial charge in [0, 0.05) is 18.6 Å². The van der Waals surface area contributed by atoms with E-state index in [9.17, 15) is 0 Å². The molecule has 0 aromatic heterocycles. The van der Waals surface area contributed by atoms with Crippen LogP contribution in [0.1, 0.15) is 66.2 Å². The van der Waals surface area contributed by atoms with E-state index in [0.29, 0.717) is 5.41 Å². The Morgan fingerprint density at radius 2 is 2.00 bits per heavy atom. The smallest absolute Gasteiger partial charge is 0.0108 e. The predicted octanol–water partition coefficient (Wildman–Crippen LogP) is 3.67. The van der Waals surface area contributed by atoms with E-state index in [1.54, 1.807) is 0 Å². The summed E-state index contributed by atoms with van der Waals surface area (Å²) in [6.07, 6.45) is 8.34. The van der Waals surface area contributed by atoms with Gasteiger partial charge in [-0.15, -0.1) is 0 Å². The summed E-state index contributed by atoms with van der Waals surface area (Å²) in [5.74, 6) is 0.857. The summed E-state index contributed by atoms with van der Waals surface area (Å²) < 4.78 is 0. The third-order valence-corrected chi connectivity index (χ3v) is 5.42. The maximum absolute atomic E-state index is 3.75. The van der Waals surface area contributed by atoms with Crippen LogP contribution < -0.4 is 5.32 Å². The van der Waals surface area contributed by atoms with E-state index in [-0.39, 0.29) is 0 Å². The number of hydrogen-bond acceptors (Lipinski definition) is 2. The van der Waals surface area contributed by atoms with Crippen LogP contribution in [0.25, 0.3) is 0 Å². The second kappa shape index (κ2) is 6.58. The van der Waals surface area contributed by atoms with Gasteiger partial charge in [0.25, 0.3) is 0 Å². The number of nitrogens with zero attached hydrogens (tertiary/aromatic N) is 1. The minimum Gasteiger partial charge on any atom is -0.314 e. The first-order valence-corrected chi connectivity index (χ1v) is 8.53. The molecule has 3 unspecified atom stereocenters. The Hall–Kier alpha value is -0.0800. The van der Waals surface area contributed by atoms with Gasteiger partial charge in [0.1, 0.15) is 0 Å². The molecule has 0 amide bonds. The second-order valence-corrected chi connectivity index (χ2v) is 7.53. The van der Waals surface area contributed by atoms with Crippen molar-refractivity contribution in [1.29, 1.82) is 0 Å². The van der Waals surface area contributed by atoms with Gasteiger partial charge < -0.3 is 10.2 Å². The van der Waals surface area contributed by atoms with E-state index >= 15 is 0 Å². The maximum atomic E-state index is 3.75. The number of rotatable bonds is 5. The lowest BCUT2D eigenvalue weighted by molar-refractivity contribution is 0.0950. The average molecular weight is 266 g/mol. The van der Waals surface area contributed by atoms with Crippen molar-refractivity contribution in [3.8, 4) is 0 Å². The normalized spacial score (nSPS) is 35.7. The third-order valence-electron chi connectivity index (χ3n) is 5.42. The first kappa shape index (κ1) is 15.3. The Balaban J connectivity index is 1.96. The van der Waals surface area contributed by atoms with Crippen molar-refractivity contribution in [1.82, 2.24) is 10.2 Å². The topological polar surface area (TPSA) is 15.3 Å². The SMILES string of the molecule is CCNC1CCC(C)(C)CC1CN1CCCC1CC. The molecule has 3 atom stereocenters. The second-order valence-electron chi connectivity index (χ2n) is 7.53. The molecule has 0 radical (unpaired) electrons. The largest absolute Gasteiger partial charge is 0.314 e. The zero-order chi connectivity index (χ0) is 13.9. The van der Waals surface area contributed by atoms with Crippen molar-refractivity contribution in [3.63, 3.8) is 0 Å². The Labute approximate surface area is 120 Å². The standard InChI is InChI=1S/C17H34N2/c1-5-15-8-7-11-19(15)13-14-12-17(3,4)10-9-16(14)18-6-2/h14-16,18H,5-13H2,1-4H3. The molecule has 1 saturated carbocycles. The molecule has 0 aromatic rings. The minimum atomic E-state index is 0.554. The van der Waals surface area contributed by atoms with E-state index in [4.69, 9.17) is 0 Å². The summed E-state index contributed by atoms with van der Waals surface area (Å²) in [6.45, 7) is 13.3. The van der Waals surface area contributed by atoms with Crippen LogP contribution in [0.5, 0.6) is 0 Å². The van der Waals surface area contributed by atoms with Crippen molar-refractivity contribution < 1.29 is 0 Å². The van der Waals surface area contributed by atoms with Gasteiger partial charge in [-0.05, 0) is 62.9 Å². The van der Waals surface area contributed by atoms with E-state index < -0.39 is 0 Å². The van der Waals surface area contributed by atoms with Crippen molar-refractivity contribution in [2.45, 2.75) is 78.3 Å². The zero-order valence-electron chi connectivity index (χ0n) is 13.5. The van der Waals surface area contributed by atoms with Gasteiger partial charge in [-0.25, -0.2) is 0 Å². The highest BCUT2D eigenvalue weighted by molar-refractivity contribution is 4.92. The third kappa shape index (κ3) is 3.95. The Morgan fingerprint density at radius 3 is 2.68 bits per heavy atom. The summed E-state index contributed by atoms with van der Waals surface area (Å²) in [4.78, 5) is 2.79. The van der Waals surface area contributed by atoms with Gasteiger partial charge in [-0.1, -0.05) is 27.7 Å². The van der Waals surface area contributed by atoms with Crippen LogP contribution >= 0.6 is 0 Å². The molecule has 1 saturated heterocycles. The molecule has 2 rings (SSSR count). The molecule has 2 nitrogen and oxygen atoms in total. The van der Waals surface area contributed by atoms with Crippen molar-refractivity contribution in [3.05, 3.63) is 0 Å². The molecule has 2 heteroatoms. The molecule has 2 fully saturated rings. The van der Waals surface area contributed by atoms with Crippen LogP contribution in [0.15, 0.2) is 0 Å². The van der Waals surface area contributed by atoms with E-state index in [2.05, 4.69) is 37.9 Å². The van der Waals surface area contributed by atoms with Crippen molar-refractivity contribution in [2.75, 3.05) is 19.6 Å². The monoisotopic (exact) mass is 266 g/mol. The van der Waals surface area contributed by atoms with E-state index in [1.165, 1.54) is 51.6 Å². The summed E-state index contributed by atoms with van der Waals surface area (Å²) in [6, 6.07) is 1.63. The fourth-order valence-corrected chi connectivity index (χ4v) is 4.36. The molecular formula is C17H34N2. The van der Waals surface area contributed by atoms with Crippen molar-refractivity contribution in [2.24, 2.45) is 11.3 Å². The van der Waals surface area contributed by atoms with Gasteiger partial charge >= 0.3 is 0 Å². The first-order valence-electron chi connectivity index (χ1n) is 8.53.